The number of aliphatic hydroxyl groups is 1. The number of hydrogen-bond donors (Lipinski definition) is 4. The Hall–Kier alpha value is -2.29. The number of aliphatic hydroxyl groups excluding tert-OH is 1. The van der Waals surface area contributed by atoms with Gasteiger partial charge in [0.2, 0.25) is 5.95 Å². The molecule has 0 fully saturated rings. The van der Waals surface area contributed by atoms with Gasteiger partial charge in [-0.1, -0.05) is 58.3 Å². The number of esters is 1. The molecule has 0 bridgehead atoms. The number of fused-ring (bicyclic) bond motifs is 1. The largest absolute Gasteiger partial charge is 0.466 e. The molecule has 5 N–H and O–H groups in total. The summed E-state index contributed by atoms with van der Waals surface area (Å²) in [6.07, 6.45) is 11.9. The molecule has 0 spiro atoms. The lowest BCUT2D eigenvalue weighted by Gasteiger charge is -2.23. The molecular weight excluding hydrogens is 398 g/mol. The minimum Gasteiger partial charge on any atom is -0.466 e. The van der Waals surface area contributed by atoms with Gasteiger partial charge >= 0.3 is 5.97 Å². The summed E-state index contributed by atoms with van der Waals surface area (Å²) in [5, 5.41) is 12.7. The average Bonchev–Trinajstić information content (AvgIpc) is 3.14. The first kappa shape index (κ1) is 25.0. The van der Waals surface area contributed by atoms with Gasteiger partial charge in [0.05, 0.1) is 13.3 Å². The zero-order valence-electron chi connectivity index (χ0n) is 18.8. The van der Waals surface area contributed by atoms with E-state index in [9.17, 15) is 14.7 Å². The molecule has 1 aromatic heterocycles. The Morgan fingerprint density at radius 3 is 2.55 bits per heavy atom. The first-order valence-corrected chi connectivity index (χ1v) is 11.7. The number of nitrogens with zero attached hydrogens (tertiary/aromatic N) is 2. The van der Waals surface area contributed by atoms with Gasteiger partial charge in [-0.15, -0.1) is 0 Å². The molecule has 2 heterocycles. The molecule has 1 aliphatic rings. The number of anilines is 3. The molecule has 1 aromatic rings. The highest BCUT2D eigenvalue weighted by Gasteiger charge is 2.26. The lowest BCUT2D eigenvalue weighted by atomic mass is 10.1. The number of carbonyl (C=O) groups is 1. The van der Waals surface area contributed by atoms with Crippen LogP contribution in [0.15, 0.2) is 4.79 Å². The molecule has 0 saturated carbocycles. The van der Waals surface area contributed by atoms with Crippen LogP contribution in [0.2, 0.25) is 0 Å². The van der Waals surface area contributed by atoms with Gasteiger partial charge in [0, 0.05) is 25.5 Å². The highest BCUT2D eigenvalue weighted by molar-refractivity contribution is 5.70. The lowest BCUT2D eigenvalue weighted by Crippen LogP contribution is -2.32. The number of carbonyl (C=O) groups excluding carboxylic acids is 1. The molecule has 1 unspecified atom stereocenters. The number of aromatic nitrogens is 2. The van der Waals surface area contributed by atoms with Crippen molar-refractivity contribution in [3.05, 3.63) is 10.4 Å². The molecule has 0 saturated heterocycles. The molecule has 0 radical (unpaired) electrons. The molecule has 9 heteroatoms. The maximum Gasteiger partial charge on any atom is 0.305 e. The topological polar surface area (TPSA) is 134 Å². The van der Waals surface area contributed by atoms with E-state index in [1.54, 1.807) is 0 Å². The van der Waals surface area contributed by atoms with E-state index in [-0.39, 0.29) is 36.6 Å². The number of rotatable bonds is 16. The van der Waals surface area contributed by atoms with Crippen LogP contribution in [0.25, 0.3) is 0 Å². The van der Waals surface area contributed by atoms with Crippen LogP contribution in [-0.2, 0) is 9.53 Å². The summed E-state index contributed by atoms with van der Waals surface area (Å²) >= 11 is 0. The predicted molar refractivity (Wildman–Crippen MR) is 123 cm³/mol. The van der Waals surface area contributed by atoms with Crippen LogP contribution in [0.4, 0.5) is 17.5 Å². The summed E-state index contributed by atoms with van der Waals surface area (Å²) in [5.41, 5.74) is 5.71. The summed E-state index contributed by atoms with van der Waals surface area (Å²) in [5.74, 6) is 0.273. The standard InChI is InChI=1S/C22H39N5O4/c1-2-3-4-5-6-7-8-9-10-11-18(29)31-13-12-17(15-28)14-27-16-24-19-20(27)25-22(23)26-21(19)30/h17,24,28H,2-16H2,1H3,(H3,23,25,26,30). The first-order valence-electron chi connectivity index (χ1n) is 11.7. The molecular formula is C22H39N5O4. The molecule has 0 amide bonds. The Kier molecular flexibility index (Phi) is 11.2. The summed E-state index contributed by atoms with van der Waals surface area (Å²) in [7, 11) is 0. The van der Waals surface area contributed by atoms with E-state index in [1.807, 2.05) is 4.90 Å². The van der Waals surface area contributed by atoms with Crippen molar-refractivity contribution in [1.82, 2.24) is 9.97 Å². The van der Waals surface area contributed by atoms with Gasteiger partial charge in [-0.25, -0.2) is 0 Å². The molecule has 31 heavy (non-hydrogen) atoms. The molecule has 1 atom stereocenters. The van der Waals surface area contributed by atoms with Crippen molar-refractivity contribution in [3.63, 3.8) is 0 Å². The van der Waals surface area contributed by atoms with E-state index in [0.29, 0.717) is 37.6 Å². The summed E-state index contributed by atoms with van der Waals surface area (Å²) in [6.45, 7) is 3.37. The number of nitrogen functional groups attached to an aromatic ring is 1. The smallest absolute Gasteiger partial charge is 0.305 e. The lowest BCUT2D eigenvalue weighted by molar-refractivity contribution is -0.144. The minimum absolute atomic E-state index is 0.0414. The summed E-state index contributed by atoms with van der Waals surface area (Å²) in [4.78, 5) is 32.4. The van der Waals surface area contributed by atoms with Crippen molar-refractivity contribution in [2.75, 3.05) is 42.4 Å². The van der Waals surface area contributed by atoms with Crippen LogP contribution in [0.1, 0.15) is 77.6 Å². The number of nitrogens with one attached hydrogen (secondary N) is 2. The number of aromatic amines is 1. The molecule has 0 aromatic carbocycles. The minimum atomic E-state index is -0.309. The highest BCUT2D eigenvalue weighted by Crippen LogP contribution is 2.26. The zero-order valence-corrected chi connectivity index (χ0v) is 18.8. The Labute approximate surface area is 184 Å². The quantitative estimate of drug-likeness (QED) is 0.229. The third kappa shape index (κ3) is 8.77. The van der Waals surface area contributed by atoms with E-state index in [2.05, 4.69) is 22.2 Å². The second-order valence-electron chi connectivity index (χ2n) is 8.34. The van der Waals surface area contributed by atoms with Gasteiger partial charge in [-0.2, -0.15) is 4.98 Å². The van der Waals surface area contributed by atoms with Crippen molar-refractivity contribution < 1.29 is 14.6 Å². The molecule has 176 valence electrons. The second kappa shape index (κ2) is 13.9. The van der Waals surface area contributed by atoms with Crippen LogP contribution in [0, 0.1) is 5.92 Å². The van der Waals surface area contributed by atoms with Gasteiger partial charge in [0.1, 0.15) is 5.69 Å². The van der Waals surface area contributed by atoms with Gasteiger partial charge < -0.3 is 25.8 Å². The SMILES string of the molecule is CCCCCCCCCCCC(=O)OCCC(CO)CN1CNc2c1nc(N)[nH]c2=O. The summed E-state index contributed by atoms with van der Waals surface area (Å²) in [6, 6.07) is 0. The molecule has 2 rings (SSSR count). The maximum absolute atomic E-state index is 11.9. The van der Waals surface area contributed by atoms with Crippen molar-refractivity contribution >= 4 is 23.4 Å². The highest BCUT2D eigenvalue weighted by atomic mass is 16.5. The van der Waals surface area contributed by atoms with E-state index in [1.165, 1.54) is 44.9 Å². The van der Waals surface area contributed by atoms with Crippen molar-refractivity contribution in [1.29, 1.82) is 0 Å². The van der Waals surface area contributed by atoms with Crippen LogP contribution < -0.4 is 21.5 Å². The molecule has 9 nitrogen and oxygen atoms in total. The van der Waals surface area contributed by atoms with Crippen LogP contribution in [0.5, 0.6) is 0 Å². The maximum atomic E-state index is 11.9. The number of H-pyrrole nitrogens is 1. The summed E-state index contributed by atoms with van der Waals surface area (Å²) < 4.78 is 5.34. The normalized spacial score (nSPS) is 13.7. The Balaban J connectivity index is 1.58. The number of unbranched alkanes of at least 4 members (excludes halogenated alkanes) is 8. The van der Waals surface area contributed by atoms with E-state index in [4.69, 9.17) is 10.5 Å². The van der Waals surface area contributed by atoms with E-state index in [0.717, 1.165) is 12.8 Å². The van der Waals surface area contributed by atoms with Crippen LogP contribution in [-0.4, -0.2) is 47.5 Å². The number of hydrogen-bond acceptors (Lipinski definition) is 8. The van der Waals surface area contributed by atoms with E-state index < -0.39 is 0 Å². The van der Waals surface area contributed by atoms with Crippen molar-refractivity contribution in [3.8, 4) is 0 Å². The average molecular weight is 438 g/mol. The number of ether oxygens (including phenoxy) is 1. The Bertz CT molecular complexity index is 724. The molecule has 0 aliphatic carbocycles. The van der Waals surface area contributed by atoms with Crippen LogP contribution in [0.3, 0.4) is 0 Å². The van der Waals surface area contributed by atoms with Gasteiger partial charge in [0.15, 0.2) is 5.82 Å². The van der Waals surface area contributed by atoms with Gasteiger partial charge in [0.25, 0.3) is 5.56 Å². The fraction of sp³-hybridized carbons (Fsp3) is 0.773. The van der Waals surface area contributed by atoms with E-state index >= 15 is 0 Å². The predicted octanol–water partition coefficient (Wildman–Crippen LogP) is 3.00. The molecule has 1 aliphatic heterocycles. The first-order chi connectivity index (χ1) is 15.0. The fourth-order valence-corrected chi connectivity index (χ4v) is 3.81. The van der Waals surface area contributed by atoms with Gasteiger partial charge in [-0.05, 0) is 12.8 Å². The Morgan fingerprint density at radius 2 is 1.87 bits per heavy atom. The third-order valence-corrected chi connectivity index (χ3v) is 5.68. The fourth-order valence-electron chi connectivity index (χ4n) is 3.81. The third-order valence-electron chi connectivity index (χ3n) is 5.68. The number of nitrogens with two attached hydrogens (primary N) is 1. The van der Waals surface area contributed by atoms with Crippen molar-refractivity contribution in [2.24, 2.45) is 5.92 Å². The second-order valence-corrected chi connectivity index (χ2v) is 8.34. The van der Waals surface area contributed by atoms with Crippen molar-refractivity contribution in [2.45, 2.75) is 77.6 Å². The zero-order chi connectivity index (χ0) is 22.5. The monoisotopic (exact) mass is 437 g/mol. The Morgan fingerprint density at radius 1 is 1.19 bits per heavy atom. The van der Waals surface area contributed by atoms with Gasteiger partial charge in [-0.3, -0.25) is 14.6 Å². The van der Waals surface area contributed by atoms with Crippen LogP contribution >= 0.6 is 0 Å².